The highest BCUT2D eigenvalue weighted by Gasteiger charge is 2.21. The Hall–Kier alpha value is -1.10. The normalized spacial score (nSPS) is 15.2. The van der Waals surface area contributed by atoms with Gasteiger partial charge in [0.2, 0.25) is 0 Å². The number of nitrogens with zero attached hydrogens (tertiary/aromatic N) is 2. The summed E-state index contributed by atoms with van der Waals surface area (Å²) in [7, 11) is 1.97. The summed E-state index contributed by atoms with van der Waals surface area (Å²) in [5.41, 5.74) is 0. The average molecular weight is 210 g/mol. The molecule has 2 N–H and O–H groups in total. The summed E-state index contributed by atoms with van der Waals surface area (Å²) in [5, 5.41) is 7.09. The molecular formula is C9H14N4S. The SMILES string of the molecule is Cn1ccnc1CNC(=S)NC1CC1. The second-order valence-electron chi connectivity index (χ2n) is 3.56. The molecule has 0 amide bonds. The summed E-state index contributed by atoms with van der Waals surface area (Å²) in [6.07, 6.45) is 6.19. The highest BCUT2D eigenvalue weighted by Crippen LogP contribution is 2.18. The number of thiocarbonyl (C=S) groups is 1. The van der Waals surface area contributed by atoms with E-state index in [9.17, 15) is 0 Å². The zero-order valence-electron chi connectivity index (χ0n) is 8.16. The third-order valence-electron chi connectivity index (χ3n) is 2.24. The van der Waals surface area contributed by atoms with Crippen molar-refractivity contribution >= 4 is 17.3 Å². The van der Waals surface area contributed by atoms with Crippen molar-refractivity contribution < 1.29 is 0 Å². The summed E-state index contributed by atoms with van der Waals surface area (Å²) in [4.78, 5) is 4.20. The molecule has 1 aromatic heterocycles. The largest absolute Gasteiger partial charge is 0.360 e. The van der Waals surface area contributed by atoms with Gasteiger partial charge in [0, 0.05) is 25.5 Å². The van der Waals surface area contributed by atoms with Crippen molar-refractivity contribution in [1.82, 2.24) is 20.2 Å². The number of hydrogen-bond acceptors (Lipinski definition) is 2. The van der Waals surface area contributed by atoms with Crippen LogP contribution in [0.2, 0.25) is 0 Å². The first-order chi connectivity index (χ1) is 6.75. The predicted molar refractivity (Wildman–Crippen MR) is 58.8 cm³/mol. The minimum Gasteiger partial charge on any atom is -0.360 e. The molecule has 0 radical (unpaired) electrons. The minimum atomic E-state index is 0.608. The third kappa shape index (κ3) is 2.45. The van der Waals surface area contributed by atoms with Crippen molar-refractivity contribution in [3.05, 3.63) is 18.2 Å². The Morgan fingerprint density at radius 1 is 1.71 bits per heavy atom. The van der Waals surface area contributed by atoms with E-state index in [-0.39, 0.29) is 0 Å². The first kappa shape index (κ1) is 9.45. The molecular weight excluding hydrogens is 196 g/mol. The summed E-state index contributed by atoms with van der Waals surface area (Å²) >= 11 is 5.13. The van der Waals surface area contributed by atoms with Crippen molar-refractivity contribution in [2.45, 2.75) is 25.4 Å². The Balaban J connectivity index is 1.76. The van der Waals surface area contributed by atoms with Crippen LogP contribution in [0.5, 0.6) is 0 Å². The highest BCUT2D eigenvalue weighted by atomic mass is 32.1. The lowest BCUT2D eigenvalue weighted by Crippen LogP contribution is -2.36. The van der Waals surface area contributed by atoms with E-state index in [2.05, 4.69) is 15.6 Å². The summed E-state index contributed by atoms with van der Waals surface area (Å²) in [6.45, 7) is 0.683. The fraction of sp³-hybridized carbons (Fsp3) is 0.556. The summed E-state index contributed by atoms with van der Waals surface area (Å²) in [5.74, 6) is 0.991. The molecule has 0 bridgehead atoms. The highest BCUT2D eigenvalue weighted by molar-refractivity contribution is 7.80. The molecule has 14 heavy (non-hydrogen) atoms. The third-order valence-corrected chi connectivity index (χ3v) is 2.50. The van der Waals surface area contributed by atoms with Gasteiger partial charge in [0.25, 0.3) is 0 Å². The topological polar surface area (TPSA) is 41.9 Å². The van der Waals surface area contributed by atoms with Crippen molar-refractivity contribution in [3.63, 3.8) is 0 Å². The van der Waals surface area contributed by atoms with Crippen LogP contribution in [0.1, 0.15) is 18.7 Å². The van der Waals surface area contributed by atoms with Crippen molar-refractivity contribution in [2.75, 3.05) is 0 Å². The molecule has 4 nitrogen and oxygen atoms in total. The van der Waals surface area contributed by atoms with Gasteiger partial charge in [-0.05, 0) is 25.1 Å². The molecule has 0 spiro atoms. The first-order valence-electron chi connectivity index (χ1n) is 4.76. The lowest BCUT2D eigenvalue weighted by molar-refractivity contribution is 0.736. The number of rotatable bonds is 3. The lowest BCUT2D eigenvalue weighted by Gasteiger charge is -2.08. The molecule has 5 heteroatoms. The number of imidazole rings is 1. The summed E-state index contributed by atoms with van der Waals surface area (Å²) in [6, 6.07) is 0.608. The van der Waals surface area contributed by atoms with E-state index in [0.29, 0.717) is 12.6 Å². The molecule has 1 saturated carbocycles. The van der Waals surface area contributed by atoms with Crippen LogP contribution in [0, 0.1) is 0 Å². The van der Waals surface area contributed by atoms with Gasteiger partial charge in [-0.2, -0.15) is 0 Å². The quantitative estimate of drug-likeness (QED) is 0.715. The molecule has 0 atom stereocenters. The van der Waals surface area contributed by atoms with Gasteiger partial charge in [-0.15, -0.1) is 0 Å². The minimum absolute atomic E-state index is 0.608. The molecule has 76 valence electrons. The van der Waals surface area contributed by atoms with E-state index in [4.69, 9.17) is 12.2 Å². The lowest BCUT2D eigenvalue weighted by atomic mass is 10.6. The number of aromatic nitrogens is 2. The Morgan fingerprint density at radius 2 is 2.50 bits per heavy atom. The molecule has 1 aliphatic rings. The van der Waals surface area contributed by atoms with E-state index in [1.165, 1.54) is 12.8 Å². The van der Waals surface area contributed by atoms with Gasteiger partial charge in [-0.25, -0.2) is 4.98 Å². The molecule has 1 aliphatic carbocycles. The van der Waals surface area contributed by atoms with E-state index < -0.39 is 0 Å². The van der Waals surface area contributed by atoms with Gasteiger partial charge >= 0.3 is 0 Å². The van der Waals surface area contributed by atoms with Crippen LogP contribution in [0.15, 0.2) is 12.4 Å². The maximum Gasteiger partial charge on any atom is 0.166 e. The van der Waals surface area contributed by atoms with Gasteiger partial charge in [0.1, 0.15) is 5.82 Å². The maximum atomic E-state index is 5.13. The number of hydrogen-bond donors (Lipinski definition) is 2. The zero-order chi connectivity index (χ0) is 9.97. The second kappa shape index (κ2) is 3.96. The van der Waals surface area contributed by atoms with Gasteiger partial charge < -0.3 is 15.2 Å². The van der Waals surface area contributed by atoms with Crippen LogP contribution in [-0.4, -0.2) is 20.7 Å². The van der Waals surface area contributed by atoms with Crippen molar-refractivity contribution in [1.29, 1.82) is 0 Å². The van der Waals surface area contributed by atoms with E-state index in [1.54, 1.807) is 6.20 Å². The summed E-state index contributed by atoms with van der Waals surface area (Å²) < 4.78 is 1.98. The van der Waals surface area contributed by atoms with E-state index >= 15 is 0 Å². The second-order valence-corrected chi connectivity index (χ2v) is 3.96. The molecule has 1 aromatic rings. The van der Waals surface area contributed by atoms with Crippen LogP contribution < -0.4 is 10.6 Å². The Kier molecular flexibility index (Phi) is 2.67. The Bertz CT molecular complexity index is 329. The van der Waals surface area contributed by atoms with Gasteiger partial charge in [-0.3, -0.25) is 0 Å². The molecule has 1 fully saturated rings. The van der Waals surface area contributed by atoms with Gasteiger partial charge in [0.05, 0.1) is 6.54 Å². The maximum absolute atomic E-state index is 5.13. The van der Waals surface area contributed by atoms with Gasteiger partial charge in [0.15, 0.2) is 5.11 Å². The van der Waals surface area contributed by atoms with E-state index in [1.807, 2.05) is 17.8 Å². The molecule has 0 aromatic carbocycles. The Morgan fingerprint density at radius 3 is 3.07 bits per heavy atom. The molecule has 1 heterocycles. The predicted octanol–water partition coefficient (Wildman–Crippen LogP) is 0.547. The van der Waals surface area contributed by atoms with Gasteiger partial charge in [-0.1, -0.05) is 0 Å². The monoisotopic (exact) mass is 210 g/mol. The van der Waals surface area contributed by atoms with Crippen LogP contribution in [0.4, 0.5) is 0 Å². The molecule has 2 rings (SSSR count). The Labute approximate surface area is 88.7 Å². The number of nitrogens with one attached hydrogen (secondary N) is 2. The first-order valence-corrected chi connectivity index (χ1v) is 5.17. The molecule has 0 saturated heterocycles. The van der Waals surface area contributed by atoms with Crippen molar-refractivity contribution in [2.24, 2.45) is 7.05 Å². The van der Waals surface area contributed by atoms with Crippen LogP contribution in [0.25, 0.3) is 0 Å². The molecule has 0 unspecified atom stereocenters. The average Bonchev–Trinajstić information content (AvgIpc) is 2.86. The van der Waals surface area contributed by atoms with Crippen LogP contribution in [0.3, 0.4) is 0 Å². The standard InChI is InChI=1S/C9H14N4S/c1-13-5-4-10-8(13)6-11-9(14)12-7-2-3-7/h4-5,7H,2-3,6H2,1H3,(H2,11,12,14). The zero-order valence-corrected chi connectivity index (χ0v) is 8.97. The van der Waals surface area contributed by atoms with E-state index in [0.717, 1.165) is 10.9 Å². The fourth-order valence-corrected chi connectivity index (χ4v) is 1.43. The van der Waals surface area contributed by atoms with Crippen molar-refractivity contribution in [3.8, 4) is 0 Å². The van der Waals surface area contributed by atoms with Crippen LogP contribution >= 0.6 is 12.2 Å². The molecule has 0 aliphatic heterocycles. The number of aryl methyl sites for hydroxylation is 1. The smallest absolute Gasteiger partial charge is 0.166 e. The van der Waals surface area contributed by atoms with Crippen LogP contribution in [-0.2, 0) is 13.6 Å². The fourth-order valence-electron chi connectivity index (χ4n) is 1.19.